The maximum Gasteiger partial charge on any atom is 0.281 e. The van der Waals surface area contributed by atoms with Crippen LogP contribution in [0.1, 0.15) is 16.7 Å². The Morgan fingerprint density at radius 1 is 0.419 bits per heavy atom. The Labute approximate surface area is 199 Å². The van der Waals surface area contributed by atoms with Crippen LogP contribution in [-0.4, -0.2) is 27.2 Å². The third-order valence-electron chi connectivity index (χ3n) is 3.88. The van der Waals surface area contributed by atoms with Gasteiger partial charge in [-0.15, -0.1) is 0 Å². The van der Waals surface area contributed by atoms with Gasteiger partial charge in [-0.2, -0.15) is 0 Å². The second kappa shape index (κ2) is 20.7. The molecule has 0 unspecified atom stereocenters. The Kier molecular flexibility index (Phi) is 22.0. The van der Waals surface area contributed by atoms with E-state index in [4.69, 9.17) is 19.2 Å². The van der Waals surface area contributed by atoms with E-state index in [0.717, 1.165) is 0 Å². The minimum atomic E-state index is -0.483. The van der Waals surface area contributed by atoms with Gasteiger partial charge in [0.15, 0.2) is 0 Å². The Balaban J connectivity index is -0.000000785. The third-order valence-corrected chi connectivity index (χ3v) is 6.32. The molecule has 158 valence electrons. The van der Waals surface area contributed by atoms with Crippen LogP contribution < -0.4 is 15.9 Å². The fraction of sp³-hybridized carbons (Fsp3) is 0.120. The van der Waals surface area contributed by atoms with E-state index in [1.807, 2.05) is 0 Å². The van der Waals surface area contributed by atoms with Crippen LogP contribution in [0.25, 0.3) is 0 Å². The van der Waals surface area contributed by atoms with E-state index in [1.54, 1.807) is 0 Å². The quantitative estimate of drug-likeness (QED) is 0.396. The molecule has 6 heteroatoms. The summed E-state index contributed by atoms with van der Waals surface area (Å²) in [6.45, 7) is 24.4. The summed E-state index contributed by atoms with van der Waals surface area (Å²) in [6.07, 6.45) is 0. The molecule has 3 aromatic carbocycles. The van der Waals surface area contributed by atoms with Crippen molar-refractivity contribution in [3.8, 4) is 0 Å². The Morgan fingerprint density at radius 3 is 0.742 bits per heavy atom. The fourth-order valence-electron chi connectivity index (χ4n) is 2.53. The number of rotatable bonds is 3. The van der Waals surface area contributed by atoms with E-state index >= 15 is 0 Å². The predicted molar refractivity (Wildman–Crippen MR) is 122 cm³/mol. The molecular weight excluding hydrogens is 496 g/mol. The van der Waals surface area contributed by atoms with Gasteiger partial charge in [-0.05, 0) is 44.6 Å². The minimum Gasteiger partial charge on any atom is -0.281 e. The molecule has 0 aliphatic rings. The van der Waals surface area contributed by atoms with Gasteiger partial charge in [0, 0.05) is 19.5 Å². The molecule has 3 aromatic rings. The van der Waals surface area contributed by atoms with Gasteiger partial charge in [-0.25, -0.2) is 0 Å². The Morgan fingerprint density at radius 2 is 0.581 bits per heavy atom. The molecule has 3 rings (SSSR count). The molecule has 0 amide bonds. The van der Waals surface area contributed by atoms with Crippen molar-refractivity contribution in [2.24, 2.45) is 0 Å². The Bertz CT molecular complexity index is 705. The molecule has 0 heterocycles. The van der Waals surface area contributed by atoms with Gasteiger partial charge in [0.1, 0.15) is 0 Å². The molecule has 0 bridgehead atoms. The van der Waals surface area contributed by atoms with E-state index in [2.05, 4.69) is 121 Å². The molecule has 0 spiro atoms. The van der Waals surface area contributed by atoms with Gasteiger partial charge in [0.2, 0.25) is 0 Å². The number of carbonyl (C=O) groups excluding carboxylic acids is 4. The van der Waals surface area contributed by atoms with Crippen molar-refractivity contribution < 1.29 is 38.7 Å². The van der Waals surface area contributed by atoms with Gasteiger partial charge in [0.25, 0.3) is 27.2 Å². The molecule has 0 N–H and O–H groups in total. The van der Waals surface area contributed by atoms with Gasteiger partial charge < -0.3 is 0 Å². The second-order valence-corrected chi connectivity index (χ2v) is 8.06. The molecule has 0 aliphatic carbocycles. The number of benzene rings is 3. The molecule has 0 fully saturated rings. The molecule has 0 aliphatic heterocycles. The molecule has 8 radical (unpaired) electrons. The van der Waals surface area contributed by atoms with Crippen molar-refractivity contribution >= 4 is 51.0 Å². The average Bonchev–Trinajstić information content (AvgIpc) is 2.83. The van der Waals surface area contributed by atoms with E-state index in [9.17, 15) is 0 Å². The van der Waals surface area contributed by atoms with Crippen molar-refractivity contribution in [3.63, 3.8) is 0 Å². The first-order chi connectivity index (χ1) is 14.6. The molecule has 4 nitrogen and oxygen atoms in total. The minimum absolute atomic E-state index is 0. The SMILES string of the molecule is Cc1ccc(P(c2ccc(C)cc2)c2ccc(C)cc2)cc1.[C]=O.[C]=O.[C]=O.[C]=O.[Ru]. The first-order valence-corrected chi connectivity index (χ1v) is 9.79. The van der Waals surface area contributed by atoms with Crippen LogP contribution in [0.3, 0.4) is 0 Å². The van der Waals surface area contributed by atoms with Crippen LogP contribution in [0.2, 0.25) is 0 Å². The topological polar surface area (TPSA) is 68.3 Å². The second-order valence-electron chi connectivity index (χ2n) is 5.84. The normalized spacial score (nSPS) is 8.26. The largest absolute Gasteiger partial charge is 0.281 e. The van der Waals surface area contributed by atoms with Gasteiger partial charge in [0.05, 0.1) is 0 Å². The van der Waals surface area contributed by atoms with Crippen molar-refractivity contribution in [3.05, 3.63) is 89.5 Å². The molecule has 0 atom stereocenters. The summed E-state index contributed by atoms with van der Waals surface area (Å²) in [5, 5.41) is 4.23. The molecule has 0 saturated heterocycles. The predicted octanol–water partition coefficient (Wildman–Crippen LogP) is 2.78. The maximum absolute atomic E-state index is 7.50. The zero-order valence-corrected chi connectivity index (χ0v) is 20.0. The summed E-state index contributed by atoms with van der Waals surface area (Å²) in [5.74, 6) is 0. The fourth-order valence-corrected chi connectivity index (χ4v) is 4.76. The van der Waals surface area contributed by atoms with Crippen molar-refractivity contribution in [2.75, 3.05) is 0 Å². The number of hydrogen-bond acceptors (Lipinski definition) is 4. The van der Waals surface area contributed by atoms with Crippen molar-refractivity contribution in [2.45, 2.75) is 20.8 Å². The van der Waals surface area contributed by atoms with E-state index < -0.39 is 7.92 Å². The zero-order chi connectivity index (χ0) is 23.5. The summed E-state index contributed by atoms with van der Waals surface area (Å²) in [7, 11) is -0.483. The molecule has 0 aromatic heterocycles. The Hall–Kier alpha value is -2.61. The van der Waals surface area contributed by atoms with E-state index in [0.29, 0.717) is 0 Å². The standard InChI is InChI=1S/C21H21P.4CO.Ru/c1-16-4-10-19(11-5-16)22(20-12-6-17(2)7-13-20)21-14-8-18(3)9-15-21;4*1-2;/h4-15H,1-3H3;;;;;. The van der Waals surface area contributed by atoms with Crippen LogP contribution in [0.15, 0.2) is 72.8 Å². The van der Waals surface area contributed by atoms with Gasteiger partial charge in [-0.3, -0.25) is 19.2 Å². The van der Waals surface area contributed by atoms with E-state index in [1.165, 1.54) is 32.6 Å². The van der Waals surface area contributed by atoms with Crippen LogP contribution in [0.4, 0.5) is 0 Å². The first-order valence-electron chi connectivity index (χ1n) is 8.45. The van der Waals surface area contributed by atoms with E-state index in [-0.39, 0.29) is 19.5 Å². The molecular formula is C25H21O4PRu. The monoisotopic (exact) mass is 518 g/mol. The first kappa shape index (κ1) is 33.0. The molecule has 31 heavy (non-hydrogen) atoms. The summed E-state index contributed by atoms with van der Waals surface area (Å²) < 4.78 is 0. The van der Waals surface area contributed by atoms with Gasteiger partial charge in [-0.1, -0.05) is 89.5 Å². The van der Waals surface area contributed by atoms with Crippen LogP contribution in [-0.2, 0) is 38.7 Å². The number of aryl methyl sites for hydroxylation is 3. The van der Waals surface area contributed by atoms with Crippen molar-refractivity contribution in [1.29, 1.82) is 0 Å². The third kappa shape index (κ3) is 11.4. The maximum atomic E-state index is 7.50. The summed E-state index contributed by atoms with van der Waals surface area (Å²) >= 11 is 0. The zero-order valence-electron chi connectivity index (χ0n) is 17.4. The molecule has 0 saturated carbocycles. The van der Waals surface area contributed by atoms with Gasteiger partial charge >= 0.3 is 0 Å². The van der Waals surface area contributed by atoms with Crippen LogP contribution in [0.5, 0.6) is 0 Å². The van der Waals surface area contributed by atoms with Crippen molar-refractivity contribution in [1.82, 2.24) is 0 Å². The average molecular weight is 517 g/mol. The van der Waals surface area contributed by atoms with Crippen LogP contribution in [0, 0.1) is 20.8 Å². The number of hydrogen-bond donors (Lipinski definition) is 0. The summed E-state index contributed by atoms with van der Waals surface area (Å²) in [5.41, 5.74) is 3.93. The summed E-state index contributed by atoms with van der Waals surface area (Å²) in [6, 6.07) is 27.0. The summed E-state index contributed by atoms with van der Waals surface area (Å²) in [4.78, 5) is 30.0. The smallest absolute Gasteiger partial charge is 0.281 e. The van der Waals surface area contributed by atoms with Crippen LogP contribution >= 0.6 is 7.92 Å².